The summed E-state index contributed by atoms with van der Waals surface area (Å²) in [5.74, 6) is 0.687. The zero-order chi connectivity index (χ0) is 13.6. The monoisotopic (exact) mass is 273 g/mol. The minimum absolute atomic E-state index is 0.408. The number of ether oxygens (including phenoxy) is 1. The van der Waals surface area contributed by atoms with Crippen LogP contribution in [0.2, 0.25) is 0 Å². The van der Waals surface area contributed by atoms with E-state index in [0.717, 1.165) is 11.9 Å². The van der Waals surface area contributed by atoms with Gasteiger partial charge in [0.05, 0.1) is 13.4 Å². The maximum atomic E-state index is 10.8. The minimum Gasteiger partial charge on any atom is -0.497 e. The molecule has 0 heterocycles. The van der Waals surface area contributed by atoms with Crippen molar-refractivity contribution in [3.05, 3.63) is 18.2 Å². The van der Waals surface area contributed by atoms with E-state index >= 15 is 0 Å². The maximum Gasteiger partial charge on any atom is 0.208 e. The standard InChI is InChI=1S/C11H19N3O3S/c1-17-11-7-9(12)6-10(8-11)13-4-3-5-14-18(2,15)16/h6-8,13-14H,3-5,12H2,1-2H3. The number of nitrogens with two attached hydrogens (primary N) is 1. The third-order valence-corrected chi connectivity index (χ3v) is 2.94. The van der Waals surface area contributed by atoms with Gasteiger partial charge in [-0.2, -0.15) is 0 Å². The summed E-state index contributed by atoms with van der Waals surface area (Å²) in [6.45, 7) is 1.06. The molecule has 0 aliphatic rings. The van der Waals surface area contributed by atoms with E-state index in [-0.39, 0.29) is 0 Å². The normalized spacial score (nSPS) is 11.2. The zero-order valence-corrected chi connectivity index (χ0v) is 11.4. The van der Waals surface area contributed by atoms with Gasteiger partial charge in [0.1, 0.15) is 5.75 Å². The summed E-state index contributed by atoms with van der Waals surface area (Å²) >= 11 is 0. The molecular weight excluding hydrogens is 254 g/mol. The molecule has 0 aromatic heterocycles. The van der Waals surface area contributed by atoms with Gasteiger partial charge >= 0.3 is 0 Å². The number of nitrogens with one attached hydrogen (secondary N) is 2. The van der Waals surface area contributed by atoms with Crippen LogP contribution in [-0.4, -0.2) is 34.9 Å². The number of methoxy groups -OCH3 is 1. The lowest BCUT2D eigenvalue weighted by atomic mass is 10.2. The van der Waals surface area contributed by atoms with Crippen molar-refractivity contribution >= 4 is 21.4 Å². The van der Waals surface area contributed by atoms with Gasteiger partial charge in [-0.05, 0) is 12.5 Å². The quantitative estimate of drug-likeness (QED) is 0.500. The molecule has 0 unspecified atom stereocenters. The SMILES string of the molecule is COc1cc(N)cc(NCCCNS(C)(=O)=O)c1. The number of benzene rings is 1. The van der Waals surface area contributed by atoms with Crippen molar-refractivity contribution in [2.75, 3.05) is 37.5 Å². The molecule has 0 aliphatic carbocycles. The Morgan fingerprint density at radius 1 is 1.28 bits per heavy atom. The van der Waals surface area contributed by atoms with E-state index in [4.69, 9.17) is 10.5 Å². The lowest BCUT2D eigenvalue weighted by molar-refractivity contribution is 0.415. The lowest BCUT2D eigenvalue weighted by Crippen LogP contribution is -2.24. The Hall–Kier alpha value is -1.47. The second-order valence-corrected chi connectivity index (χ2v) is 5.77. The Morgan fingerprint density at radius 3 is 2.61 bits per heavy atom. The fourth-order valence-electron chi connectivity index (χ4n) is 1.42. The molecule has 7 heteroatoms. The molecule has 1 aromatic carbocycles. The van der Waals surface area contributed by atoms with Gasteiger partial charge in [0, 0.05) is 36.6 Å². The molecule has 18 heavy (non-hydrogen) atoms. The summed E-state index contributed by atoms with van der Waals surface area (Å²) in [5, 5.41) is 3.15. The van der Waals surface area contributed by atoms with Crippen LogP contribution in [0.4, 0.5) is 11.4 Å². The van der Waals surface area contributed by atoms with Crippen molar-refractivity contribution < 1.29 is 13.2 Å². The largest absolute Gasteiger partial charge is 0.497 e. The second-order valence-electron chi connectivity index (χ2n) is 3.94. The van der Waals surface area contributed by atoms with E-state index in [9.17, 15) is 8.42 Å². The van der Waals surface area contributed by atoms with Crippen LogP contribution in [0.25, 0.3) is 0 Å². The van der Waals surface area contributed by atoms with Gasteiger partial charge < -0.3 is 15.8 Å². The van der Waals surface area contributed by atoms with Gasteiger partial charge in [-0.1, -0.05) is 0 Å². The fraction of sp³-hybridized carbons (Fsp3) is 0.455. The third kappa shape index (κ3) is 5.74. The molecule has 6 nitrogen and oxygen atoms in total. The second kappa shape index (κ2) is 6.46. The van der Waals surface area contributed by atoms with Gasteiger partial charge in [-0.15, -0.1) is 0 Å². The highest BCUT2D eigenvalue weighted by Crippen LogP contribution is 2.21. The first-order valence-electron chi connectivity index (χ1n) is 5.54. The minimum atomic E-state index is -3.10. The number of hydrogen-bond donors (Lipinski definition) is 3. The summed E-state index contributed by atoms with van der Waals surface area (Å²) in [4.78, 5) is 0. The van der Waals surface area contributed by atoms with Crippen molar-refractivity contribution in [2.24, 2.45) is 0 Å². The van der Waals surface area contributed by atoms with Crippen LogP contribution in [0.3, 0.4) is 0 Å². The van der Waals surface area contributed by atoms with Gasteiger partial charge in [0.15, 0.2) is 0 Å². The number of rotatable bonds is 7. The topological polar surface area (TPSA) is 93.4 Å². The summed E-state index contributed by atoms with van der Waals surface area (Å²) in [6.07, 6.45) is 1.83. The summed E-state index contributed by atoms with van der Waals surface area (Å²) < 4.78 is 29.2. The number of hydrogen-bond acceptors (Lipinski definition) is 5. The molecule has 0 saturated heterocycles. The van der Waals surface area contributed by atoms with Crippen molar-refractivity contribution in [1.29, 1.82) is 0 Å². The average molecular weight is 273 g/mol. The smallest absolute Gasteiger partial charge is 0.208 e. The van der Waals surface area contributed by atoms with E-state index in [2.05, 4.69) is 10.0 Å². The van der Waals surface area contributed by atoms with Crippen molar-refractivity contribution in [3.8, 4) is 5.75 Å². The predicted octanol–water partition coefficient (Wildman–Crippen LogP) is 0.629. The highest BCUT2D eigenvalue weighted by atomic mass is 32.2. The van der Waals surface area contributed by atoms with E-state index in [1.165, 1.54) is 0 Å². The van der Waals surface area contributed by atoms with Crippen LogP contribution < -0.4 is 20.5 Å². The maximum absolute atomic E-state index is 10.8. The number of sulfonamides is 1. The molecule has 0 amide bonds. The van der Waals surface area contributed by atoms with Crippen LogP contribution in [0, 0.1) is 0 Å². The highest BCUT2D eigenvalue weighted by Gasteiger charge is 2.00. The van der Waals surface area contributed by atoms with E-state index in [1.807, 2.05) is 6.07 Å². The fourth-order valence-corrected chi connectivity index (χ4v) is 1.94. The van der Waals surface area contributed by atoms with Crippen LogP contribution >= 0.6 is 0 Å². The van der Waals surface area contributed by atoms with Crippen LogP contribution in [0.1, 0.15) is 6.42 Å². The molecule has 1 aromatic rings. The average Bonchev–Trinajstić information content (AvgIpc) is 2.26. The van der Waals surface area contributed by atoms with Gasteiger partial charge in [0.2, 0.25) is 10.0 Å². The van der Waals surface area contributed by atoms with E-state index in [0.29, 0.717) is 30.9 Å². The number of nitrogen functional groups attached to an aromatic ring is 1. The Balaban J connectivity index is 2.37. The molecule has 0 radical (unpaired) electrons. The molecule has 0 spiro atoms. The van der Waals surface area contributed by atoms with E-state index in [1.54, 1.807) is 19.2 Å². The van der Waals surface area contributed by atoms with E-state index < -0.39 is 10.0 Å². The Kier molecular flexibility index (Phi) is 5.24. The zero-order valence-electron chi connectivity index (χ0n) is 10.6. The summed E-state index contributed by atoms with van der Waals surface area (Å²) in [7, 11) is -1.53. The Bertz CT molecular complexity index is 488. The molecule has 0 fully saturated rings. The third-order valence-electron chi connectivity index (χ3n) is 2.21. The van der Waals surface area contributed by atoms with Crippen LogP contribution in [-0.2, 0) is 10.0 Å². The first-order chi connectivity index (χ1) is 8.40. The molecule has 4 N–H and O–H groups in total. The summed E-state index contributed by atoms with van der Waals surface area (Å²) in [5.41, 5.74) is 7.18. The molecule has 0 aliphatic heterocycles. The Labute approximate surface area is 108 Å². The molecule has 102 valence electrons. The summed E-state index contributed by atoms with van der Waals surface area (Å²) in [6, 6.07) is 5.36. The lowest BCUT2D eigenvalue weighted by Gasteiger charge is -2.09. The highest BCUT2D eigenvalue weighted by molar-refractivity contribution is 7.88. The van der Waals surface area contributed by atoms with Crippen molar-refractivity contribution in [3.63, 3.8) is 0 Å². The Morgan fingerprint density at radius 2 is 2.00 bits per heavy atom. The predicted molar refractivity (Wildman–Crippen MR) is 73.4 cm³/mol. The molecule has 0 bridgehead atoms. The first-order valence-corrected chi connectivity index (χ1v) is 7.43. The van der Waals surface area contributed by atoms with Crippen LogP contribution in [0.5, 0.6) is 5.75 Å². The molecule has 0 atom stereocenters. The molecular formula is C11H19N3O3S. The van der Waals surface area contributed by atoms with Gasteiger partial charge in [0.25, 0.3) is 0 Å². The molecule has 0 saturated carbocycles. The number of anilines is 2. The van der Waals surface area contributed by atoms with Crippen LogP contribution in [0.15, 0.2) is 18.2 Å². The molecule has 1 rings (SSSR count). The van der Waals surface area contributed by atoms with Crippen molar-refractivity contribution in [2.45, 2.75) is 6.42 Å². The van der Waals surface area contributed by atoms with Gasteiger partial charge in [-0.25, -0.2) is 13.1 Å². The van der Waals surface area contributed by atoms with Gasteiger partial charge in [-0.3, -0.25) is 0 Å². The van der Waals surface area contributed by atoms with Crippen molar-refractivity contribution in [1.82, 2.24) is 4.72 Å². The first kappa shape index (κ1) is 14.6.